The van der Waals surface area contributed by atoms with E-state index in [-0.39, 0.29) is 6.42 Å². The predicted molar refractivity (Wildman–Crippen MR) is 24.4 cm³/mol. The molecular formula is C4H8NO2. The standard InChI is InChI=1S/C4H8NO2/c1-3(6)2-4(5)7/h3,5-6H,2H2,1H3. The number of amides is 1. The van der Waals surface area contributed by atoms with Gasteiger partial charge in [0.05, 0.1) is 12.5 Å². The van der Waals surface area contributed by atoms with Crippen molar-refractivity contribution in [2.75, 3.05) is 0 Å². The normalized spacial score (nSPS) is 13.4. The molecule has 0 bridgehead atoms. The first-order chi connectivity index (χ1) is 3.13. The quantitative estimate of drug-likeness (QED) is 0.514. The zero-order valence-corrected chi connectivity index (χ0v) is 4.14. The molecule has 2 N–H and O–H groups in total. The minimum atomic E-state index is -0.713. The fourth-order valence-corrected chi connectivity index (χ4v) is 0.268. The molecular weight excluding hydrogens is 94.0 g/mol. The van der Waals surface area contributed by atoms with Gasteiger partial charge in [0, 0.05) is 0 Å². The molecule has 3 nitrogen and oxygen atoms in total. The van der Waals surface area contributed by atoms with Crippen LogP contribution >= 0.6 is 0 Å². The van der Waals surface area contributed by atoms with Crippen LogP contribution in [0, 0.1) is 0 Å². The van der Waals surface area contributed by atoms with Gasteiger partial charge in [-0.1, -0.05) is 0 Å². The lowest BCUT2D eigenvalue weighted by atomic mass is 10.3. The van der Waals surface area contributed by atoms with Gasteiger partial charge in [-0.15, -0.1) is 0 Å². The van der Waals surface area contributed by atoms with E-state index in [0.29, 0.717) is 0 Å². The van der Waals surface area contributed by atoms with E-state index in [4.69, 9.17) is 10.8 Å². The molecule has 1 radical (unpaired) electrons. The number of aliphatic hydroxyl groups is 1. The number of carbonyl (C=O) groups is 1. The highest BCUT2D eigenvalue weighted by molar-refractivity contribution is 5.73. The number of rotatable bonds is 2. The van der Waals surface area contributed by atoms with Gasteiger partial charge in [0.1, 0.15) is 0 Å². The molecule has 0 heterocycles. The maximum atomic E-state index is 9.76. The second kappa shape index (κ2) is 2.58. The van der Waals surface area contributed by atoms with Gasteiger partial charge in [-0.25, -0.2) is 0 Å². The summed E-state index contributed by atoms with van der Waals surface area (Å²) in [4.78, 5) is 9.76. The van der Waals surface area contributed by atoms with Crippen molar-refractivity contribution < 1.29 is 9.90 Å². The fraction of sp³-hybridized carbons (Fsp3) is 0.750. The maximum absolute atomic E-state index is 9.76. The Labute approximate surface area is 42.1 Å². The molecule has 0 fully saturated rings. The van der Waals surface area contributed by atoms with E-state index in [1.807, 2.05) is 0 Å². The van der Waals surface area contributed by atoms with Gasteiger partial charge in [0.15, 0.2) is 0 Å². The largest absolute Gasteiger partial charge is 0.393 e. The minimum absolute atomic E-state index is 0.0556. The second-order valence-electron chi connectivity index (χ2n) is 1.48. The summed E-state index contributed by atoms with van der Waals surface area (Å²) in [6.07, 6.45) is -0.718. The lowest BCUT2D eigenvalue weighted by molar-refractivity contribution is -0.120. The van der Waals surface area contributed by atoms with Crippen molar-refractivity contribution in [3.8, 4) is 0 Å². The van der Waals surface area contributed by atoms with E-state index >= 15 is 0 Å². The third-order valence-corrected chi connectivity index (χ3v) is 0.481. The highest BCUT2D eigenvalue weighted by Gasteiger charge is 1.98. The first-order valence-electron chi connectivity index (χ1n) is 2.05. The summed E-state index contributed by atoms with van der Waals surface area (Å²) in [5.74, 6) is -0.713. The molecule has 0 saturated heterocycles. The van der Waals surface area contributed by atoms with Crippen LogP contribution in [-0.4, -0.2) is 17.1 Å². The van der Waals surface area contributed by atoms with Crippen LogP contribution in [0.15, 0.2) is 0 Å². The summed E-state index contributed by atoms with van der Waals surface area (Å²) < 4.78 is 0. The SMILES string of the molecule is CC(O)CC([NH])=O. The molecule has 1 atom stereocenters. The molecule has 0 aliphatic carbocycles. The average molecular weight is 102 g/mol. The molecule has 0 spiro atoms. The molecule has 1 amide bonds. The Morgan fingerprint density at radius 2 is 2.43 bits per heavy atom. The molecule has 41 valence electrons. The van der Waals surface area contributed by atoms with Gasteiger partial charge in [-0.3, -0.25) is 10.5 Å². The smallest absolute Gasteiger partial charge is 0.240 e. The topological polar surface area (TPSA) is 61.1 Å². The Morgan fingerprint density at radius 1 is 2.00 bits per heavy atom. The van der Waals surface area contributed by atoms with Crippen molar-refractivity contribution >= 4 is 5.91 Å². The maximum Gasteiger partial charge on any atom is 0.240 e. The summed E-state index contributed by atoms with van der Waals surface area (Å²) in [6.45, 7) is 1.48. The highest BCUT2D eigenvalue weighted by Crippen LogP contribution is 1.85. The van der Waals surface area contributed by atoms with E-state index in [1.54, 1.807) is 0 Å². The van der Waals surface area contributed by atoms with Crippen LogP contribution in [0.3, 0.4) is 0 Å². The van der Waals surface area contributed by atoms with E-state index in [0.717, 1.165) is 0 Å². The zero-order chi connectivity index (χ0) is 5.86. The third kappa shape index (κ3) is 5.43. The minimum Gasteiger partial charge on any atom is -0.393 e. The van der Waals surface area contributed by atoms with Crippen molar-refractivity contribution in [2.45, 2.75) is 19.4 Å². The summed E-state index contributed by atoms with van der Waals surface area (Å²) in [7, 11) is 0. The van der Waals surface area contributed by atoms with E-state index in [9.17, 15) is 4.79 Å². The zero-order valence-electron chi connectivity index (χ0n) is 4.14. The lowest BCUT2D eigenvalue weighted by Crippen LogP contribution is -2.08. The highest BCUT2D eigenvalue weighted by atomic mass is 16.3. The molecule has 1 unspecified atom stereocenters. The molecule has 0 aliphatic heterocycles. The van der Waals surface area contributed by atoms with Gasteiger partial charge in [0.25, 0.3) is 0 Å². The van der Waals surface area contributed by atoms with Crippen LogP contribution in [-0.2, 0) is 4.79 Å². The summed E-state index contributed by atoms with van der Waals surface area (Å²) >= 11 is 0. The molecule has 0 rings (SSSR count). The van der Waals surface area contributed by atoms with E-state index < -0.39 is 12.0 Å². The van der Waals surface area contributed by atoms with Gasteiger partial charge in [0.2, 0.25) is 5.91 Å². The Balaban J connectivity index is 3.13. The Kier molecular flexibility index (Phi) is 2.37. The van der Waals surface area contributed by atoms with Crippen molar-refractivity contribution in [3.05, 3.63) is 0 Å². The average Bonchev–Trinajstić information content (AvgIpc) is 1.27. The number of hydrogen-bond donors (Lipinski definition) is 1. The van der Waals surface area contributed by atoms with Crippen LogP contribution in [0.4, 0.5) is 0 Å². The molecule has 0 aromatic rings. The third-order valence-electron chi connectivity index (χ3n) is 0.481. The van der Waals surface area contributed by atoms with Crippen molar-refractivity contribution in [2.24, 2.45) is 0 Å². The summed E-state index contributed by atoms with van der Waals surface area (Å²) in [5.41, 5.74) is 6.31. The van der Waals surface area contributed by atoms with Crippen LogP contribution in [0.1, 0.15) is 13.3 Å². The van der Waals surface area contributed by atoms with Crippen LogP contribution in [0.25, 0.3) is 0 Å². The molecule has 3 heteroatoms. The molecule has 0 saturated carbocycles. The number of carbonyl (C=O) groups excluding carboxylic acids is 1. The Hall–Kier alpha value is -0.570. The number of aliphatic hydroxyl groups excluding tert-OH is 1. The van der Waals surface area contributed by atoms with E-state index in [1.165, 1.54) is 6.92 Å². The number of nitrogens with one attached hydrogen (secondary N) is 1. The van der Waals surface area contributed by atoms with Crippen LogP contribution < -0.4 is 5.73 Å². The van der Waals surface area contributed by atoms with Gasteiger partial charge < -0.3 is 5.11 Å². The summed E-state index contributed by atoms with van der Waals surface area (Å²) in [6, 6.07) is 0. The Bertz CT molecular complexity index is 70.1. The van der Waals surface area contributed by atoms with Gasteiger partial charge >= 0.3 is 0 Å². The first-order valence-corrected chi connectivity index (χ1v) is 2.05. The van der Waals surface area contributed by atoms with E-state index in [2.05, 4.69) is 0 Å². The second-order valence-corrected chi connectivity index (χ2v) is 1.48. The molecule has 0 aromatic carbocycles. The molecule has 0 aliphatic rings. The predicted octanol–water partition coefficient (Wildman–Crippen LogP) is -0.433. The van der Waals surface area contributed by atoms with Gasteiger partial charge in [-0.05, 0) is 6.92 Å². The van der Waals surface area contributed by atoms with Crippen molar-refractivity contribution in [1.82, 2.24) is 5.73 Å². The van der Waals surface area contributed by atoms with Gasteiger partial charge in [-0.2, -0.15) is 0 Å². The number of hydrogen-bond acceptors (Lipinski definition) is 2. The van der Waals surface area contributed by atoms with Crippen LogP contribution in [0.2, 0.25) is 0 Å². The van der Waals surface area contributed by atoms with Crippen molar-refractivity contribution in [3.63, 3.8) is 0 Å². The Morgan fingerprint density at radius 3 is 2.43 bits per heavy atom. The monoisotopic (exact) mass is 102 g/mol. The first kappa shape index (κ1) is 6.43. The summed E-state index contributed by atoms with van der Waals surface area (Å²) in [5, 5.41) is 8.38. The lowest BCUT2D eigenvalue weighted by Gasteiger charge is -1.94. The van der Waals surface area contributed by atoms with Crippen LogP contribution in [0.5, 0.6) is 0 Å². The molecule has 7 heavy (non-hydrogen) atoms. The fourth-order valence-electron chi connectivity index (χ4n) is 0.268. The van der Waals surface area contributed by atoms with Crippen molar-refractivity contribution in [1.29, 1.82) is 0 Å². The molecule has 0 aromatic heterocycles.